The number of rotatable bonds is 7. The van der Waals surface area contributed by atoms with Gasteiger partial charge in [-0.25, -0.2) is 4.39 Å². The maximum absolute atomic E-state index is 13.9. The molecule has 0 atom stereocenters. The van der Waals surface area contributed by atoms with Crippen molar-refractivity contribution in [1.82, 2.24) is 20.1 Å². The molecule has 0 bridgehead atoms. The summed E-state index contributed by atoms with van der Waals surface area (Å²) < 4.78 is 15.7. The monoisotopic (exact) mass is 486 g/mol. The van der Waals surface area contributed by atoms with Crippen molar-refractivity contribution in [3.63, 3.8) is 0 Å². The van der Waals surface area contributed by atoms with Gasteiger partial charge in [0.1, 0.15) is 5.82 Å². The molecule has 0 spiro atoms. The van der Waals surface area contributed by atoms with Gasteiger partial charge in [0.15, 0.2) is 11.0 Å². The first-order valence-electron chi connectivity index (χ1n) is 9.62. The van der Waals surface area contributed by atoms with E-state index in [1.807, 2.05) is 30.3 Å². The summed E-state index contributed by atoms with van der Waals surface area (Å²) >= 11 is 14.0. The number of amides is 1. The van der Waals surface area contributed by atoms with Crippen LogP contribution in [0.3, 0.4) is 0 Å². The van der Waals surface area contributed by atoms with Gasteiger partial charge in [-0.1, -0.05) is 77.4 Å². The highest BCUT2D eigenvalue weighted by atomic mass is 35.5. The average molecular weight is 487 g/mol. The number of nitrogens with one attached hydrogen (secondary N) is 1. The zero-order chi connectivity index (χ0) is 22.5. The van der Waals surface area contributed by atoms with Gasteiger partial charge in [-0.15, -0.1) is 10.2 Å². The minimum Gasteiger partial charge on any atom is -0.345 e. The lowest BCUT2D eigenvalue weighted by Gasteiger charge is -2.13. The number of benzene rings is 3. The van der Waals surface area contributed by atoms with Crippen LogP contribution in [0.5, 0.6) is 0 Å². The molecule has 0 aliphatic rings. The second-order valence-electron chi connectivity index (χ2n) is 6.77. The minimum absolute atomic E-state index is 0.0328. The van der Waals surface area contributed by atoms with Crippen LogP contribution in [-0.2, 0) is 12.3 Å². The summed E-state index contributed by atoms with van der Waals surface area (Å²) in [6.45, 7) is 0.0328. The quantitative estimate of drug-likeness (QED) is 0.328. The van der Waals surface area contributed by atoms with Crippen molar-refractivity contribution in [3.05, 3.63) is 106 Å². The van der Waals surface area contributed by atoms with Crippen molar-refractivity contribution in [1.29, 1.82) is 0 Å². The van der Waals surface area contributed by atoms with Crippen LogP contribution in [0.25, 0.3) is 5.69 Å². The predicted molar refractivity (Wildman–Crippen MR) is 125 cm³/mol. The van der Waals surface area contributed by atoms with Gasteiger partial charge in [-0.3, -0.25) is 9.36 Å². The van der Waals surface area contributed by atoms with Crippen LogP contribution in [0.4, 0.5) is 4.39 Å². The van der Waals surface area contributed by atoms with E-state index in [9.17, 15) is 9.18 Å². The van der Waals surface area contributed by atoms with Gasteiger partial charge in [-0.2, -0.15) is 0 Å². The molecule has 0 unspecified atom stereocenters. The molecule has 0 saturated carbocycles. The van der Waals surface area contributed by atoms with E-state index in [1.54, 1.807) is 28.8 Å². The SMILES string of the molecule is O=C(NCc1nnc(SCc2ccccc2)n1-c1ccc(Cl)cc1Cl)c1ccccc1F. The van der Waals surface area contributed by atoms with Gasteiger partial charge >= 0.3 is 0 Å². The number of hydrogen-bond donors (Lipinski definition) is 1. The van der Waals surface area contributed by atoms with E-state index in [1.165, 1.54) is 30.0 Å². The third-order valence-corrected chi connectivity index (χ3v) is 6.13. The van der Waals surface area contributed by atoms with E-state index in [-0.39, 0.29) is 12.1 Å². The molecule has 32 heavy (non-hydrogen) atoms. The van der Waals surface area contributed by atoms with E-state index < -0.39 is 11.7 Å². The number of carbonyl (C=O) groups is 1. The Labute approximate surface area is 198 Å². The lowest BCUT2D eigenvalue weighted by Crippen LogP contribution is -2.25. The predicted octanol–water partition coefficient (Wildman–Crippen LogP) is 5.94. The Balaban J connectivity index is 1.62. The number of carbonyl (C=O) groups excluding carboxylic acids is 1. The summed E-state index contributed by atoms with van der Waals surface area (Å²) in [4.78, 5) is 12.5. The van der Waals surface area contributed by atoms with Crippen molar-refractivity contribution >= 4 is 40.9 Å². The van der Waals surface area contributed by atoms with Crippen LogP contribution in [0.2, 0.25) is 10.0 Å². The molecule has 5 nitrogen and oxygen atoms in total. The molecule has 0 aliphatic heterocycles. The fourth-order valence-electron chi connectivity index (χ4n) is 3.03. The average Bonchev–Trinajstić information content (AvgIpc) is 3.19. The van der Waals surface area contributed by atoms with Crippen molar-refractivity contribution in [2.45, 2.75) is 17.5 Å². The second-order valence-corrected chi connectivity index (χ2v) is 8.55. The van der Waals surface area contributed by atoms with E-state index in [2.05, 4.69) is 15.5 Å². The Morgan fingerprint density at radius 3 is 2.50 bits per heavy atom. The standard InChI is InChI=1S/C23H17Cl2FN4OS/c24-16-10-11-20(18(25)12-16)30-21(13-27-22(31)17-8-4-5-9-19(17)26)28-29-23(30)32-14-15-6-2-1-3-7-15/h1-12H,13-14H2,(H,27,31). The normalized spacial score (nSPS) is 10.8. The van der Waals surface area contributed by atoms with Crippen LogP contribution >= 0.6 is 35.0 Å². The lowest BCUT2D eigenvalue weighted by atomic mass is 10.2. The van der Waals surface area contributed by atoms with Gasteiger partial charge in [0.05, 0.1) is 22.8 Å². The van der Waals surface area contributed by atoms with Crippen LogP contribution < -0.4 is 5.32 Å². The molecule has 4 aromatic rings. The van der Waals surface area contributed by atoms with Crippen LogP contribution in [0.1, 0.15) is 21.7 Å². The van der Waals surface area contributed by atoms with Crippen molar-refractivity contribution in [2.75, 3.05) is 0 Å². The van der Waals surface area contributed by atoms with Crippen LogP contribution in [-0.4, -0.2) is 20.7 Å². The van der Waals surface area contributed by atoms with E-state index in [0.29, 0.717) is 32.5 Å². The largest absolute Gasteiger partial charge is 0.345 e. The smallest absolute Gasteiger partial charge is 0.254 e. The molecule has 0 aliphatic carbocycles. The number of thioether (sulfide) groups is 1. The molecule has 1 aromatic heterocycles. The Hall–Kier alpha value is -2.87. The van der Waals surface area contributed by atoms with Gasteiger partial charge in [0, 0.05) is 10.8 Å². The first kappa shape index (κ1) is 22.3. The summed E-state index contributed by atoms with van der Waals surface area (Å²) in [5, 5.41) is 12.8. The van der Waals surface area contributed by atoms with E-state index >= 15 is 0 Å². The summed E-state index contributed by atoms with van der Waals surface area (Å²) in [7, 11) is 0. The van der Waals surface area contributed by atoms with Crippen LogP contribution in [0.15, 0.2) is 78.0 Å². The Bertz CT molecular complexity index is 1250. The molecule has 1 heterocycles. The first-order chi connectivity index (χ1) is 15.5. The maximum atomic E-state index is 13.9. The van der Waals surface area contributed by atoms with Gasteiger partial charge in [0.2, 0.25) is 0 Å². The summed E-state index contributed by atoms with van der Waals surface area (Å²) in [6.07, 6.45) is 0. The minimum atomic E-state index is -0.591. The molecule has 1 amide bonds. The molecule has 3 aromatic carbocycles. The second kappa shape index (κ2) is 10.2. The van der Waals surface area contributed by atoms with Crippen molar-refractivity contribution in [2.24, 2.45) is 0 Å². The Kier molecular flexibility index (Phi) is 7.09. The van der Waals surface area contributed by atoms with Crippen molar-refractivity contribution < 1.29 is 9.18 Å². The fraction of sp³-hybridized carbons (Fsp3) is 0.0870. The number of hydrogen-bond acceptors (Lipinski definition) is 4. The molecule has 4 rings (SSSR count). The lowest BCUT2D eigenvalue weighted by molar-refractivity contribution is 0.0945. The molecule has 0 fully saturated rings. The van der Waals surface area contributed by atoms with E-state index in [0.717, 1.165) is 5.56 Å². The van der Waals surface area contributed by atoms with Crippen molar-refractivity contribution in [3.8, 4) is 5.69 Å². The fourth-order valence-corrected chi connectivity index (χ4v) is 4.45. The molecular formula is C23H17Cl2FN4OS. The molecule has 0 saturated heterocycles. The molecular weight excluding hydrogens is 470 g/mol. The third kappa shape index (κ3) is 5.12. The number of nitrogens with zero attached hydrogens (tertiary/aromatic N) is 3. The molecule has 162 valence electrons. The topological polar surface area (TPSA) is 59.8 Å². The third-order valence-electron chi connectivity index (χ3n) is 4.59. The first-order valence-corrected chi connectivity index (χ1v) is 11.4. The molecule has 1 N–H and O–H groups in total. The summed E-state index contributed by atoms with van der Waals surface area (Å²) in [5.74, 6) is -0.00897. The van der Waals surface area contributed by atoms with Crippen LogP contribution in [0, 0.1) is 5.82 Å². The number of halogens is 3. The van der Waals surface area contributed by atoms with Gasteiger partial charge < -0.3 is 5.32 Å². The Morgan fingerprint density at radius 1 is 1.00 bits per heavy atom. The van der Waals surface area contributed by atoms with E-state index in [4.69, 9.17) is 23.2 Å². The molecule has 9 heteroatoms. The highest BCUT2D eigenvalue weighted by Crippen LogP contribution is 2.30. The zero-order valence-corrected chi connectivity index (χ0v) is 19.0. The highest BCUT2D eigenvalue weighted by Gasteiger charge is 2.19. The summed E-state index contributed by atoms with van der Waals surface area (Å²) in [6, 6.07) is 20.9. The molecule has 0 radical (unpaired) electrons. The van der Waals surface area contributed by atoms with Gasteiger partial charge in [-0.05, 0) is 35.9 Å². The summed E-state index contributed by atoms with van der Waals surface area (Å²) in [5.41, 5.74) is 1.72. The number of aromatic nitrogens is 3. The highest BCUT2D eigenvalue weighted by molar-refractivity contribution is 7.98. The van der Waals surface area contributed by atoms with Gasteiger partial charge in [0.25, 0.3) is 5.91 Å². The zero-order valence-electron chi connectivity index (χ0n) is 16.6. The maximum Gasteiger partial charge on any atom is 0.254 e. The Morgan fingerprint density at radius 2 is 1.75 bits per heavy atom.